The lowest BCUT2D eigenvalue weighted by Gasteiger charge is -2.27. The van der Waals surface area contributed by atoms with E-state index in [1.165, 1.54) is 0 Å². The molecular weight excluding hydrogens is 380 g/mol. The van der Waals surface area contributed by atoms with E-state index in [0.717, 1.165) is 30.2 Å². The van der Waals surface area contributed by atoms with Crippen LogP contribution in [0.25, 0.3) is 11.3 Å². The van der Waals surface area contributed by atoms with Crippen molar-refractivity contribution < 1.29 is 14.3 Å². The lowest BCUT2D eigenvalue weighted by atomic mass is 10.1. The lowest BCUT2D eigenvalue weighted by Crippen LogP contribution is -2.36. The van der Waals surface area contributed by atoms with Crippen molar-refractivity contribution in [2.24, 2.45) is 0 Å². The van der Waals surface area contributed by atoms with E-state index in [9.17, 15) is 4.79 Å². The highest BCUT2D eigenvalue weighted by Crippen LogP contribution is 2.22. The molecule has 0 saturated carbocycles. The number of nitrogens with one attached hydrogen (secondary N) is 1. The highest BCUT2D eigenvalue weighted by molar-refractivity contribution is 5.94. The number of para-hydroxylation sites is 1. The van der Waals surface area contributed by atoms with Gasteiger partial charge in [0.25, 0.3) is 5.91 Å². The molecule has 7 nitrogen and oxygen atoms in total. The molecule has 2 heterocycles. The molecular formula is C23H24N4O3. The molecule has 0 radical (unpaired) electrons. The quantitative estimate of drug-likeness (QED) is 0.679. The molecule has 30 heavy (non-hydrogen) atoms. The molecule has 1 fully saturated rings. The third kappa shape index (κ3) is 4.93. The standard InChI is InChI=1S/C23H24N4O3/c1-17(30-20-8-3-2-4-9-20)23(28)24-19-7-5-6-18(16-19)21-10-11-22(26-25-21)27-12-14-29-15-13-27/h2-11,16-17H,12-15H2,1H3,(H,24,28). The van der Waals surface area contributed by atoms with Crippen molar-refractivity contribution in [3.05, 3.63) is 66.7 Å². The van der Waals surface area contributed by atoms with Crippen LogP contribution < -0.4 is 15.0 Å². The second kappa shape index (κ2) is 9.37. The van der Waals surface area contributed by atoms with Gasteiger partial charge in [-0.25, -0.2) is 0 Å². The van der Waals surface area contributed by atoms with E-state index in [0.29, 0.717) is 24.7 Å². The molecule has 3 aromatic rings. The maximum Gasteiger partial charge on any atom is 0.265 e. The number of rotatable bonds is 6. The first-order valence-electron chi connectivity index (χ1n) is 9.98. The van der Waals surface area contributed by atoms with E-state index in [4.69, 9.17) is 9.47 Å². The Morgan fingerprint density at radius 3 is 2.57 bits per heavy atom. The van der Waals surface area contributed by atoms with Crippen LogP contribution in [0, 0.1) is 0 Å². The highest BCUT2D eigenvalue weighted by Gasteiger charge is 2.16. The molecule has 2 aromatic carbocycles. The van der Waals surface area contributed by atoms with Gasteiger partial charge in [-0.3, -0.25) is 4.79 Å². The Morgan fingerprint density at radius 2 is 1.83 bits per heavy atom. The Hall–Kier alpha value is -3.45. The fourth-order valence-corrected chi connectivity index (χ4v) is 3.20. The zero-order valence-corrected chi connectivity index (χ0v) is 16.8. The minimum atomic E-state index is -0.622. The van der Waals surface area contributed by atoms with Crippen molar-refractivity contribution in [1.29, 1.82) is 0 Å². The molecule has 1 atom stereocenters. The van der Waals surface area contributed by atoms with Gasteiger partial charge in [-0.2, -0.15) is 0 Å². The first-order chi connectivity index (χ1) is 14.7. The number of aromatic nitrogens is 2. The van der Waals surface area contributed by atoms with Gasteiger partial charge in [-0.1, -0.05) is 30.3 Å². The van der Waals surface area contributed by atoms with Crippen LogP contribution in [0.3, 0.4) is 0 Å². The topological polar surface area (TPSA) is 76.6 Å². The molecule has 1 amide bonds. The molecule has 0 spiro atoms. The van der Waals surface area contributed by atoms with Crippen LogP contribution >= 0.6 is 0 Å². The summed E-state index contributed by atoms with van der Waals surface area (Å²) in [5.41, 5.74) is 2.31. The maximum atomic E-state index is 12.5. The molecule has 0 bridgehead atoms. The van der Waals surface area contributed by atoms with Gasteiger partial charge in [0, 0.05) is 24.3 Å². The monoisotopic (exact) mass is 404 g/mol. The molecule has 7 heteroatoms. The Labute approximate surface area is 175 Å². The first kappa shape index (κ1) is 19.8. The molecule has 4 rings (SSSR count). The fraction of sp³-hybridized carbons (Fsp3) is 0.261. The summed E-state index contributed by atoms with van der Waals surface area (Å²) in [6, 6.07) is 20.7. The predicted molar refractivity (Wildman–Crippen MR) is 116 cm³/mol. The number of amides is 1. The number of hydrogen-bond donors (Lipinski definition) is 1. The molecule has 1 aliphatic rings. The van der Waals surface area contributed by atoms with E-state index in [2.05, 4.69) is 20.4 Å². The average molecular weight is 404 g/mol. The summed E-state index contributed by atoms with van der Waals surface area (Å²) in [5, 5.41) is 11.6. The number of benzene rings is 2. The molecule has 1 aliphatic heterocycles. The maximum absolute atomic E-state index is 12.5. The van der Waals surface area contributed by atoms with Crippen LogP contribution in [-0.4, -0.2) is 48.5 Å². The van der Waals surface area contributed by atoms with E-state index in [1.807, 2.05) is 66.7 Å². The minimum Gasteiger partial charge on any atom is -0.481 e. The van der Waals surface area contributed by atoms with E-state index < -0.39 is 6.10 Å². The number of anilines is 2. The van der Waals surface area contributed by atoms with Crippen LogP contribution in [0.2, 0.25) is 0 Å². The van der Waals surface area contributed by atoms with Crippen LogP contribution in [-0.2, 0) is 9.53 Å². The van der Waals surface area contributed by atoms with E-state index in [1.54, 1.807) is 6.92 Å². The largest absolute Gasteiger partial charge is 0.481 e. The lowest BCUT2D eigenvalue weighted by molar-refractivity contribution is -0.122. The van der Waals surface area contributed by atoms with Gasteiger partial charge in [0.2, 0.25) is 0 Å². The molecule has 1 N–H and O–H groups in total. The van der Waals surface area contributed by atoms with Gasteiger partial charge in [0.1, 0.15) is 5.75 Å². The van der Waals surface area contributed by atoms with Crippen molar-refractivity contribution in [3.8, 4) is 17.0 Å². The Balaban J connectivity index is 1.41. The summed E-state index contributed by atoms with van der Waals surface area (Å²) in [6.07, 6.45) is -0.622. The number of nitrogens with zero attached hydrogens (tertiary/aromatic N) is 3. The van der Waals surface area contributed by atoms with Crippen LogP contribution in [0.5, 0.6) is 5.75 Å². The van der Waals surface area contributed by atoms with E-state index in [-0.39, 0.29) is 5.91 Å². The molecule has 1 aromatic heterocycles. The number of morpholine rings is 1. The van der Waals surface area contributed by atoms with Crippen molar-refractivity contribution in [2.45, 2.75) is 13.0 Å². The second-order valence-electron chi connectivity index (χ2n) is 7.02. The van der Waals surface area contributed by atoms with Gasteiger partial charge in [-0.05, 0) is 43.3 Å². The normalized spacial score (nSPS) is 14.8. The number of carbonyl (C=O) groups excluding carboxylic acids is 1. The Morgan fingerprint density at radius 1 is 1.03 bits per heavy atom. The third-order valence-corrected chi connectivity index (χ3v) is 4.84. The summed E-state index contributed by atoms with van der Waals surface area (Å²) in [7, 11) is 0. The fourth-order valence-electron chi connectivity index (χ4n) is 3.20. The number of ether oxygens (including phenoxy) is 2. The van der Waals surface area contributed by atoms with Crippen LogP contribution in [0.15, 0.2) is 66.7 Å². The SMILES string of the molecule is CC(Oc1ccccc1)C(=O)Nc1cccc(-c2ccc(N3CCOCC3)nn2)c1. The number of carbonyl (C=O) groups is 1. The molecule has 1 unspecified atom stereocenters. The van der Waals surface area contributed by atoms with Crippen LogP contribution in [0.1, 0.15) is 6.92 Å². The number of hydrogen-bond acceptors (Lipinski definition) is 6. The van der Waals surface area contributed by atoms with Gasteiger partial charge in [0.05, 0.1) is 18.9 Å². The average Bonchev–Trinajstić information content (AvgIpc) is 2.80. The van der Waals surface area contributed by atoms with Gasteiger partial charge >= 0.3 is 0 Å². The van der Waals surface area contributed by atoms with Crippen molar-refractivity contribution >= 4 is 17.4 Å². The zero-order chi connectivity index (χ0) is 20.8. The van der Waals surface area contributed by atoms with Crippen LogP contribution in [0.4, 0.5) is 11.5 Å². The highest BCUT2D eigenvalue weighted by atomic mass is 16.5. The summed E-state index contributed by atoms with van der Waals surface area (Å²) in [6.45, 7) is 4.77. The van der Waals surface area contributed by atoms with Crippen molar-refractivity contribution in [3.63, 3.8) is 0 Å². The first-order valence-corrected chi connectivity index (χ1v) is 9.98. The summed E-state index contributed by atoms with van der Waals surface area (Å²) in [4.78, 5) is 14.7. The van der Waals surface area contributed by atoms with E-state index >= 15 is 0 Å². The van der Waals surface area contributed by atoms with Crippen molar-refractivity contribution in [2.75, 3.05) is 36.5 Å². The smallest absolute Gasteiger partial charge is 0.265 e. The Kier molecular flexibility index (Phi) is 6.20. The second-order valence-corrected chi connectivity index (χ2v) is 7.02. The predicted octanol–water partition coefficient (Wildman–Crippen LogP) is 3.39. The summed E-state index contributed by atoms with van der Waals surface area (Å²) in [5.74, 6) is 1.28. The Bertz CT molecular complexity index is 973. The molecule has 1 saturated heterocycles. The van der Waals surface area contributed by atoms with Gasteiger partial charge < -0.3 is 19.7 Å². The van der Waals surface area contributed by atoms with Gasteiger partial charge in [0.15, 0.2) is 11.9 Å². The molecule has 154 valence electrons. The summed E-state index contributed by atoms with van der Waals surface area (Å²) >= 11 is 0. The molecule has 0 aliphatic carbocycles. The zero-order valence-electron chi connectivity index (χ0n) is 16.8. The van der Waals surface area contributed by atoms with Gasteiger partial charge in [-0.15, -0.1) is 10.2 Å². The summed E-state index contributed by atoms with van der Waals surface area (Å²) < 4.78 is 11.1. The van der Waals surface area contributed by atoms with Crippen molar-refractivity contribution in [1.82, 2.24) is 10.2 Å². The minimum absolute atomic E-state index is 0.218. The third-order valence-electron chi connectivity index (χ3n) is 4.84.